The normalized spacial score (nSPS) is 10.9. The molecule has 0 saturated heterocycles. The molecule has 29 heavy (non-hydrogen) atoms. The third-order valence-electron chi connectivity index (χ3n) is 4.09. The van der Waals surface area contributed by atoms with Crippen LogP contribution in [0.3, 0.4) is 0 Å². The van der Waals surface area contributed by atoms with E-state index in [2.05, 4.69) is 29.4 Å². The van der Waals surface area contributed by atoms with Crippen molar-refractivity contribution < 1.29 is 13.9 Å². The van der Waals surface area contributed by atoms with Gasteiger partial charge in [0, 0.05) is 6.54 Å². The van der Waals surface area contributed by atoms with Gasteiger partial charge in [-0.1, -0.05) is 49.9 Å². The van der Waals surface area contributed by atoms with Gasteiger partial charge in [0.15, 0.2) is 11.0 Å². The van der Waals surface area contributed by atoms with E-state index < -0.39 is 0 Å². The highest BCUT2D eigenvalue weighted by Gasteiger charge is 2.19. The molecule has 0 fully saturated rings. The largest absolute Gasteiger partial charge is 0.495 e. The van der Waals surface area contributed by atoms with Gasteiger partial charge < -0.3 is 14.6 Å². The van der Waals surface area contributed by atoms with Gasteiger partial charge in [-0.3, -0.25) is 4.79 Å². The monoisotopic (exact) mass is 414 g/mol. The van der Waals surface area contributed by atoms with E-state index in [0.29, 0.717) is 40.4 Å². The molecule has 0 aliphatic rings. The Balaban J connectivity index is 1.77. The fourth-order valence-corrected chi connectivity index (χ4v) is 3.58. The Hall–Kier alpha value is -2.87. The smallest absolute Gasteiger partial charge is 0.234 e. The molecule has 0 aliphatic heterocycles. The van der Waals surface area contributed by atoms with Crippen molar-refractivity contribution in [2.75, 3.05) is 18.2 Å². The van der Waals surface area contributed by atoms with Crippen molar-refractivity contribution >= 4 is 23.4 Å². The lowest BCUT2D eigenvalue weighted by atomic mass is 10.2. The van der Waals surface area contributed by atoms with E-state index in [4.69, 9.17) is 4.74 Å². The predicted molar refractivity (Wildman–Crippen MR) is 113 cm³/mol. The first kappa shape index (κ1) is 20.9. The zero-order valence-corrected chi connectivity index (χ0v) is 17.4. The lowest BCUT2D eigenvalue weighted by Crippen LogP contribution is -2.15. The molecule has 3 rings (SSSR count). The zero-order chi connectivity index (χ0) is 20.8. The lowest BCUT2D eigenvalue weighted by Gasteiger charge is -2.13. The van der Waals surface area contributed by atoms with Crippen LogP contribution in [0.5, 0.6) is 5.75 Å². The highest BCUT2D eigenvalue weighted by atomic mass is 32.2. The first-order valence-electron chi connectivity index (χ1n) is 9.23. The molecule has 8 heteroatoms. The van der Waals surface area contributed by atoms with Gasteiger partial charge >= 0.3 is 0 Å². The summed E-state index contributed by atoms with van der Waals surface area (Å²) in [6.45, 7) is 4.75. The summed E-state index contributed by atoms with van der Waals surface area (Å²) in [6.07, 6.45) is 0. The Bertz CT molecular complexity index is 990. The fraction of sp³-hybridized carbons (Fsp3) is 0.286. The lowest BCUT2D eigenvalue weighted by molar-refractivity contribution is -0.113. The van der Waals surface area contributed by atoms with Crippen LogP contribution < -0.4 is 10.1 Å². The number of hydrogen-bond donors (Lipinski definition) is 1. The number of halogens is 1. The fourth-order valence-electron chi connectivity index (χ4n) is 2.83. The van der Waals surface area contributed by atoms with Crippen molar-refractivity contribution in [3.63, 3.8) is 0 Å². The Morgan fingerprint density at radius 2 is 1.90 bits per heavy atom. The third-order valence-corrected chi connectivity index (χ3v) is 5.06. The molecule has 0 unspecified atom stereocenters. The van der Waals surface area contributed by atoms with E-state index in [1.165, 1.54) is 17.8 Å². The summed E-state index contributed by atoms with van der Waals surface area (Å²) in [4.78, 5) is 12.4. The number of anilines is 1. The van der Waals surface area contributed by atoms with E-state index >= 15 is 0 Å². The second-order valence-electron chi connectivity index (χ2n) is 6.83. The molecule has 0 radical (unpaired) electrons. The minimum absolute atomic E-state index is 0.144. The van der Waals surface area contributed by atoms with Crippen LogP contribution in [-0.4, -0.2) is 33.5 Å². The van der Waals surface area contributed by atoms with Gasteiger partial charge in [-0.05, 0) is 30.2 Å². The Kier molecular flexibility index (Phi) is 6.87. The number of carbonyl (C=O) groups excluding carboxylic acids is 1. The Morgan fingerprint density at radius 3 is 2.62 bits per heavy atom. The molecule has 0 aliphatic carbocycles. The predicted octanol–water partition coefficient (Wildman–Crippen LogP) is 4.48. The number of methoxy groups -OCH3 is 1. The van der Waals surface area contributed by atoms with Crippen molar-refractivity contribution in [2.24, 2.45) is 5.92 Å². The van der Waals surface area contributed by atoms with Crippen molar-refractivity contribution in [3.05, 3.63) is 54.3 Å². The molecule has 3 aromatic rings. The number of carbonyl (C=O) groups is 1. The maximum Gasteiger partial charge on any atom is 0.234 e. The second kappa shape index (κ2) is 9.56. The maximum atomic E-state index is 14.3. The topological polar surface area (TPSA) is 69.0 Å². The molecule has 1 aromatic heterocycles. The molecule has 0 bridgehead atoms. The van der Waals surface area contributed by atoms with Gasteiger partial charge in [-0.25, -0.2) is 4.39 Å². The summed E-state index contributed by atoms with van der Waals surface area (Å²) >= 11 is 1.27. The molecule has 1 amide bonds. The number of aromatic nitrogens is 3. The van der Waals surface area contributed by atoms with Gasteiger partial charge in [0.2, 0.25) is 5.91 Å². The SMILES string of the molecule is COc1ccccc1NC(=O)CSc1nnc(-c2ccccc2F)n1CC(C)C. The molecule has 1 heterocycles. The van der Waals surface area contributed by atoms with Crippen molar-refractivity contribution in [1.82, 2.24) is 14.8 Å². The average Bonchev–Trinajstić information content (AvgIpc) is 3.09. The number of benzene rings is 2. The van der Waals surface area contributed by atoms with E-state index in [1.807, 2.05) is 16.7 Å². The van der Waals surface area contributed by atoms with Crippen LogP contribution in [-0.2, 0) is 11.3 Å². The number of nitrogens with zero attached hydrogens (tertiary/aromatic N) is 3. The number of hydrogen-bond acceptors (Lipinski definition) is 5. The summed E-state index contributed by atoms with van der Waals surface area (Å²) in [5, 5.41) is 11.8. The molecule has 0 atom stereocenters. The number of ether oxygens (including phenoxy) is 1. The van der Waals surface area contributed by atoms with Crippen LogP contribution in [0.1, 0.15) is 13.8 Å². The first-order valence-corrected chi connectivity index (χ1v) is 10.2. The van der Waals surface area contributed by atoms with Gasteiger partial charge in [-0.15, -0.1) is 10.2 Å². The van der Waals surface area contributed by atoms with Gasteiger partial charge in [0.05, 0.1) is 24.1 Å². The number of amides is 1. The van der Waals surface area contributed by atoms with Gasteiger partial charge in [0.25, 0.3) is 0 Å². The van der Waals surface area contributed by atoms with Crippen molar-refractivity contribution in [2.45, 2.75) is 25.5 Å². The zero-order valence-electron chi connectivity index (χ0n) is 16.6. The summed E-state index contributed by atoms with van der Waals surface area (Å²) in [5.41, 5.74) is 1.00. The van der Waals surface area contributed by atoms with Crippen LogP contribution >= 0.6 is 11.8 Å². The van der Waals surface area contributed by atoms with Crippen LogP contribution in [0.2, 0.25) is 0 Å². The quantitative estimate of drug-likeness (QED) is 0.551. The molecule has 152 valence electrons. The third kappa shape index (κ3) is 5.14. The average molecular weight is 415 g/mol. The second-order valence-corrected chi connectivity index (χ2v) is 7.77. The van der Waals surface area contributed by atoms with Crippen LogP contribution in [0, 0.1) is 11.7 Å². The maximum absolute atomic E-state index is 14.3. The minimum Gasteiger partial charge on any atom is -0.495 e. The summed E-state index contributed by atoms with van der Waals surface area (Å²) in [6, 6.07) is 13.7. The Labute approximate surface area is 173 Å². The van der Waals surface area contributed by atoms with E-state index in [9.17, 15) is 9.18 Å². The van der Waals surface area contributed by atoms with Crippen LogP contribution in [0.4, 0.5) is 10.1 Å². The van der Waals surface area contributed by atoms with E-state index in [1.54, 1.807) is 37.4 Å². The molecular formula is C21H23FN4O2S. The molecular weight excluding hydrogens is 391 g/mol. The minimum atomic E-state index is -0.352. The molecule has 1 N–H and O–H groups in total. The van der Waals surface area contributed by atoms with Crippen molar-refractivity contribution in [3.8, 4) is 17.1 Å². The van der Waals surface area contributed by atoms with Gasteiger partial charge in [-0.2, -0.15) is 0 Å². The number of rotatable bonds is 8. The van der Waals surface area contributed by atoms with Crippen LogP contribution in [0.25, 0.3) is 11.4 Å². The van der Waals surface area contributed by atoms with Gasteiger partial charge in [0.1, 0.15) is 11.6 Å². The number of nitrogens with one attached hydrogen (secondary N) is 1. The van der Waals surface area contributed by atoms with Crippen molar-refractivity contribution in [1.29, 1.82) is 0 Å². The Morgan fingerprint density at radius 1 is 1.17 bits per heavy atom. The molecule has 0 spiro atoms. The van der Waals surface area contributed by atoms with E-state index in [-0.39, 0.29) is 17.5 Å². The van der Waals surface area contributed by atoms with E-state index in [0.717, 1.165) is 0 Å². The summed E-state index contributed by atoms with van der Waals surface area (Å²) in [7, 11) is 1.55. The molecule has 2 aromatic carbocycles. The highest BCUT2D eigenvalue weighted by molar-refractivity contribution is 7.99. The first-order chi connectivity index (χ1) is 14.0. The molecule has 6 nitrogen and oxygen atoms in total. The number of thioether (sulfide) groups is 1. The standard InChI is InChI=1S/C21H23FN4O2S/c1-14(2)12-26-20(15-8-4-5-9-16(15)22)24-25-21(26)29-13-19(27)23-17-10-6-7-11-18(17)28-3/h4-11,14H,12-13H2,1-3H3,(H,23,27). The number of para-hydroxylation sites is 2. The summed E-state index contributed by atoms with van der Waals surface area (Å²) in [5.74, 6) is 0.964. The highest BCUT2D eigenvalue weighted by Crippen LogP contribution is 2.28. The molecule has 0 saturated carbocycles. The summed E-state index contributed by atoms with van der Waals surface area (Å²) < 4.78 is 21.4. The van der Waals surface area contributed by atoms with Crippen LogP contribution in [0.15, 0.2) is 53.7 Å².